The van der Waals surface area contributed by atoms with Gasteiger partial charge >= 0.3 is 5.97 Å². The molecule has 0 fully saturated rings. The molecule has 2 rings (SSSR count). The first-order valence-electron chi connectivity index (χ1n) is 5.57. The van der Waals surface area contributed by atoms with E-state index in [-0.39, 0.29) is 21.9 Å². The van der Waals surface area contributed by atoms with Gasteiger partial charge in [0.25, 0.3) is 0 Å². The average molecular weight is 315 g/mol. The van der Waals surface area contributed by atoms with Crippen molar-refractivity contribution in [2.24, 2.45) is 0 Å². The molecule has 2 aromatic rings. The van der Waals surface area contributed by atoms with Crippen molar-refractivity contribution in [3.8, 4) is 0 Å². The van der Waals surface area contributed by atoms with E-state index in [1.807, 2.05) is 0 Å². The monoisotopic (exact) mass is 314 g/mol. The number of aromatic carboxylic acids is 1. The SMILES string of the molecule is O=C(O)c1cc(SCc2c(F)cccc2F)ccc1Cl. The van der Waals surface area contributed by atoms with Gasteiger partial charge in [-0.1, -0.05) is 17.7 Å². The minimum atomic E-state index is -1.14. The second kappa shape index (κ2) is 6.24. The Morgan fingerprint density at radius 2 is 1.85 bits per heavy atom. The van der Waals surface area contributed by atoms with Crippen molar-refractivity contribution in [2.75, 3.05) is 0 Å². The fraction of sp³-hybridized carbons (Fsp3) is 0.0714. The zero-order valence-electron chi connectivity index (χ0n) is 10.1. The molecule has 104 valence electrons. The summed E-state index contributed by atoms with van der Waals surface area (Å²) in [4.78, 5) is 11.5. The number of halogens is 3. The highest BCUT2D eigenvalue weighted by molar-refractivity contribution is 7.98. The summed E-state index contributed by atoms with van der Waals surface area (Å²) in [6.45, 7) is 0. The van der Waals surface area contributed by atoms with Crippen LogP contribution in [0.4, 0.5) is 8.78 Å². The highest BCUT2D eigenvalue weighted by Crippen LogP contribution is 2.28. The molecular formula is C14H9ClF2O2S. The summed E-state index contributed by atoms with van der Waals surface area (Å²) >= 11 is 6.89. The highest BCUT2D eigenvalue weighted by atomic mass is 35.5. The molecule has 0 atom stereocenters. The van der Waals surface area contributed by atoms with Crippen molar-refractivity contribution in [3.63, 3.8) is 0 Å². The zero-order chi connectivity index (χ0) is 14.7. The molecule has 20 heavy (non-hydrogen) atoms. The van der Waals surface area contributed by atoms with Crippen molar-refractivity contribution < 1.29 is 18.7 Å². The maximum Gasteiger partial charge on any atom is 0.337 e. The molecule has 0 aliphatic rings. The Hall–Kier alpha value is -1.59. The number of thioether (sulfide) groups is 1. The molecule has 0 saturated carbocycles. The molecule has 0 aliphatic carbocycles. The third kappa shape index (κ3) is 3.29. The third-order valence-corrected chi connectivity index (χ3v) is 3.96. The molecule has 0 aliphatic heterocycles. The Labute approximate surface area is 123 Å². The Bertz CT molecular complexity index is 641. The van der Waals surface area contributed by atoms with E-state index in [0.29, 0.717) is 4.90 Å². The molecule has 0 unspecified atom stereocenters. The summed E-state index contributed by atoms with van der Waals surface area (Å²) in [5, 5.41) is 9.07. The Morgan fingerprint density at radius 1 is 1.20 bits per heavy atom. The van der Waals surface area contributed by atoms with E-state index in [2.05, 4.69) is 0 Å². The second-order valence-electron chi connectivity index (χ2n) is 3.94. The molecule has 0 bridgehead atoms. The summed E-state index contributed by atoms with van der Waals surface area (Å²) in [5.41, 5.74) is -0.0741. The predicted octanol–water partition coefficient (Wildman–Crippen LogP) is 4.61. The molecule has 0 spiro atoms. The van der Waals surface area contributed by atoms with Gasteiger partial charge in [0, 0.05) is 16.2 Å². The second-order valence-corrected chi connectivity index (χ2v) is 5.39. The summed E-state index contributed by atoms with van der Waals surface area (Å²) in [6.07, 6.45) is 0. The minimum absolute atomic E-state index is 0.0364. The molecule has 0 amide bonds. The van der Waals surface area contributed by atoms with Crippen LogP contribution in [0.2, 0.25) is 5.02 Å². The lowest BCUT2D eigenvalue weighted by molar-refractivity contribution is 0.0697. The highest BCUT2D eigenvalue weighted by Gasteiger charge is 2.12. The lowest BCUT2D eigenvalue weighted by Crippen LogP contribution is -1.98. The maximum absolute atomic E-state index is 13.5. The summed E-state index contributed by atoms with van der Waals surface area (Å²) in [6, 6.07) is 8.11. The largest absolute Gasteiger partial charge is 0.478 e. The van der Waals surface area contributed by atoms with Gasteiger partial charge in [-0.15, -0.1) is 11.8 Å². The van der Waals surface area contributed by atoms with Gasteiger partial charge in [0.1, 0.15) is 11.6 Å². The summed E-state index contributed by atoms with van der Waals surface area (Å²) in [5.74, 6) is -2.32. The predicted molar refractivity (Wildman–Crippen MR) is 74.3 cm³/mol. The van der Waals surface area contributed by atoms with Gasteiger partial charge in [0.15, 0.2) is 0 Å². The lowest BCUT2D eigenvalue weighted by atomic mass is 10.2. The fourth-order valence-electron chi connectivity index (χ4n) is 1.58. The van der Waals surface area contributed by atoms with E-state index in [9.17, 15) is 13.6 Å². The van der Waals surface area contributed by atoms with Crippen molar-refractivity contribution in [3.05, 3.63) is 64.2 Å². The van der Waals surface area contributed by atoms with E-state index < -0.39 is 17.6 Å². The molecule has 2 aromatic carbocycles. The van der Waals surface area contributed by atoms with Crippen LogP contribution in [0.15, 0.2) is 41.3 Å². The Kier molecular flexibility index (Phi) is 4.62. The van der Waals surface area contributed by atoms with Crippen LogP contribution in [0.3, 0.4) is 0 Å². The lowest BCUT2D eigenvalue weighted by Gasteiger charge is -2.06. The van der Waals surface area contributed by atoms with Gasteiger partial charge < -0.3 is 5.11 Å². The van der Waals surface area contributed by atoms with Gasteiger partial charge in [0.05, 0.1) is 10.6 Å². The summed E-state index contributed by atoms with van der Waals surface area (Å²) < 4.78 is 26.9. The van der Waals surface area contributed by atoms with E-state index in [1.165, 1.54) is 30.3 Å². The number of carboxylic acids is 1. The molecule has 6 heteroatoms. The van der Waals surface area contributed by atoms with E-state index in [0.717, 1.165) is 11.8 Å². The maximum atomic E-state index is 13.5. The van der Waals surface area contributed by atoms with Crippen molar-refractivity contribution in [1.82, 2.24) is 0 Å². The van der Waals surface area contributed by atoms with Crippen LogP contribution in [-0.2, 0) is 5.75 Å². The number of carboxylic acid groups (broad SMARTS) is 1. The van der Waals surface area contributed by atoms with Crippen molar-refractivity contribution >= 4 is 29.3 Å². The van der Waals surface area contributed by atoms with Crippen LogP contribution in [-0.4, -0.2) is 11.1 Å². The molecule has 1 N–H and O–H groups in total. The smallest absolute Gasteiger partial charge is 0.337 e. The fourth-order valence-corrected chi connectivity index (χ4v) is 2.73. The Balaban J connectivity index is 2.19. The minimum Gasteiger partial charge on any atom is -0.478 e. The number of hydrogen-bond donors (Lipinski definition) is 1. The van der Waals surface area contributed by atoms with E-state index in [1.54, 1.807) is 6.07 Å². The van der Waals surface area contributed by atoms with Crippen molar-refractivity contribution in [2.45, 2.75) is 10.6 Å². The van der Waals surface area contributed by atoms with Gasteiger partial charge in [-0.25, -0.2) is 13.6 Å². The van der Waals surface area contributed by atoms with E-state index in [4.69, 9.17) is 16.7 Å². The average Bonchev–Trinajstić information content (AvgIpc) is 2.39. The number of carbonyl (C=O) groups is 1. The number of hydrogen-bond acceptors (Lipinski definition) is 2. The molecule has 0 saturated heterocycles. The zero-order valence-corrected chi connectivity index (χ0v) is 11.6. The van der Waals surface area contributed by atoms with Crippen LogP contribution in [0.25, 0.3) is 0 Å². The molecular weight excluding hydrogens is 306 g/mol. The van der Waals surface area contributed by atoms with Gasteiger partial charge in [-0.2, -0.15) is 0 Å². The quantitative estimate of drug-likeness (QED) is 0.837. The number of benzene rings is 2. The summed E-state index contributed by atoms with van der Waals surface area (Å²) in [7, 11) is 0. The van der Waals surface area contributed by atoms with Gasteiger partial charge in [-0.05, 0) is 30.3 Å². The first kappa shape index (κ1) is 14.8. The van der Waals surface area contributed by atoms with Crippen LogP contribution >= 0.6 is 23.4 Å². The molecule has 2 nitrogen and oxygen atoms in total. The van der Waals surface area contributed by atoms with Crippen LogP contribution in [0.1, 0.15) is 15.9 Å². The first-order chi connectivity index (χ1) is 9.49. The topological polar surface area (TPSA) is 37.3 Å². The van der Waals surface area contributed by atoms with Crippen LogP contribution in [0.5, 0.6) is 0 Å². The standard InChI is InChI=1S/C14H9ClF2O2S/c15-11-5-4-8(6-9(11)14(18)19)20-7-10-12(16)2-1-3-13(10)17/h1-6H,7H2,(H,18,19). The van der Waals surface area contributed by atoms with Crippen molar-refractivity contribution in [1.29, 1.82) is 0 Å². The number of rotatable bonds is 4. The van der Waals surface area contributed by atoms with Crippen LogP contribution in [0, 0.1) is 11.6 Å². The first-order valence-corrected chi connectivity index (χ1v) is 6.94. The molecule has 0 aromatic heterocycles. The third-order valence-electron chi connectivity index (χ3n) is 2.61. The van der Waals surface area contributed by atoms with Gasteiger partial charge in [0.2, 0.25) is 0 Å². The molecule has 0 radical (unpaired) electrons. The van der Waals surface area contributed by atoms with Gasteiger partial charge in [-0.3, -0.25) is 0 Å². The van der Waals surface area contributed by atoms with E-state index >= 15 is 0 Å². The Morgan fingerprint density at radius 3 is 2.45 bits per heavy atom. The molecule has 0 heterocycles. The van der Waals surface area contributed by atoms with Crippen LogP contribution < -0.4 is 0 Å². The normalized spacial score (nSPS) is 10.6.